The summed E-state index contributed by atoms with van der Waals surface area (Å²) in [5, 5.41) is 3.19. The van der Waals surface area contributed by atoms with E-state index in [-0.39, 0.29) is 24.2 Å². The van der Waals surface area contributed by atoms with Gasteiger partial charge in [-0.2, -0.15) is 0 Å². The first-order chi connectivity index (χ1) is 6.64. The van der Waals surface area contributed by atoms with E-state index in [0.717, 1.165) is 25.9 Å². The summed E-state index contributed by atoms with van der Waals surface area (Å²) in [4.78, 5) is 0. The van der Waals surface area contributed by atoms with Crippen LogP contribution in [-0.2, 0) is 10.0 Å². The molecule has 90 valence electrons. The molecule has 0 aromatic heterocycles. The molecular weight excluding hydrogens is 236 g/mol. The van der Waals surface area contributed by atoms with Crippen LogP contribution in [0, 0.1) is 0 Å². The molecule has 0 amide bonds. The number of hydrogen-bond acceptors (Lipinski definition) is 3. The molecule has 1 aliphatic rings. The number of piperidine rings is 1. The molecule has 1 heterocycles. The van der Waals surface area contributed by atoms with E-state index in [9.17, 15) is 8.42 Å². The number of halogens is 1. The molecule has 1 saturated heterocycles. The molecule has 1 rings (SSSR count). The molecule has 6 heteroatoms. The van der Waals surface area contributed by atoms with Crippen molar-refractivity contribution in [3.8, 4) is 0 Å². The Labute approximate surface area is 98.0 Å². The zero-order valence-electron chi connectivity index (χ0n) is 8.74. The van der Waals surface area contributed by atoms with Gasteiger partial charge < -0.3 is 5.32 Å². The number of nitrogens with one attached hydrogen (secondary N) is 2. The van der Waals surface area contributed by atoms with Gasteiger partial charge in [-0.05, 0) is 32.4 Å². The second kappa shape index (κ2) is 7.22. The third kappa shape index (κ3) is 6.14. The van der Waals surface area contributed by atoms with Crippen molar-refractivity contribution < 1.29 is 8.42 Å². The van der Waals surface area contributed by atoms with Crippen molar-refractivity contribution in [1.29, 1.82) is 0 Å². The third-order valence-electron chi connectivity index (χ3n) is 2.28. The van der Waals surface area contributed by atoms with E-state index in [1.165, 1.54) is 0 Å². The maximum atomic E-state index is 11.5. The van der Waals surface area contributed by atoms with Crippen LogP contribution in [-0.4, -0.2) is 33.3 Å². The first kappa shape index (κ1) is 14.9. The van der Waals surface area contributed by atoms with Crippen LogP contribution in [0.25, 0.3) is 0 Å². The highest BCUT2D eigenvalue weighted by molar-refractivity contribution is 7.89. The summed E-state index contributed by atoms with van der Waals surface area (Å²) in [6, 6.07) is 0.117. The summed E-state index contributed by atoms with van der Waals surface area (Å²) < 4.78 is 25.7. The number of rotatable bonds is 5. The van der Waals surface area contributed by atoms with Gasteiger partial charge in [-0.1, -0.05) is 6.08 Å². The van der Waals surface area contributed by atoms with E-state index < -0.39 is 10.0 Å². The SMILES string of the molecule is C=CCCS(=O)(=O)NC1CCNCC1.Cl. The van der Waals surface area contributed by atoms with E-state index in [1.54, 1.807) is 6.08 Å². The van der Waals surface area contributed by atoms with Gasteiger partial charge in [0, 0.05) is 6.04 Å². The molecule has 0 atom stereocenters. The highest BCUT2D eigenvalue weighted by Crippen LogP contribution is 2.04. The molecular formula is C9H19ClN2O2S. The molecule has 15 heavy (non-hydrogen) atoms. The van der Waals surface area contributed by atoms with Crippen molar-refractivity contribution in [1.82, 2.24) is 10.0 Å². The van der Waals surface area contributed by atoms with E-state index in [0.29, 0.717) is 6.42 Å². The molecule has 2 N–H and O–H groups in total. The lowest BCUT2D eigenvalue weighted by molar-refractivity contribution is 0.427. The van der Waals surface area contributed by atoms with E-state index >= 15 is 0 Å². The maximum Gasteiger partial charge on any atom is 0.212 e. The summed E-state index contributed by atoms with van der Waals surface area (Å²) in [7, 11) is -3.09. The van der Waals surface area contributed by atoms with Crippen LogP contribution in [0.2, 0.25) is 0 Å². The van der Waals surface area contributed by atoms with Gasteiger partial charge in [0.2, 0.25) is 10.0 Å². The van der Waals surface area contributed by atoms with Crippen LogP contribution in [0.3, 0.4) is 0 Å². The molecule has 0 aromatic rings. The molecule has 0 radical (unpaired) electrons. The van der Waals surface area contributed by atoms with Crippen molar-refractivity contribution in [2.75, 3.05) is 18.8 Å². The Morgan fingerprint density at radius 3 is 2.53 bits per heavy atom. The van der Waals surface area contributed by atoms with Gasteiger partial charge in [-0.15, -0.1) is 19.0 Å². The van der Waals surface area contributed by atoms with E-state index in [1.807, 2.05) is 0 Å². The molecule has 0 bridgehead atoms. The Bertz CT molecular complexity index is 274. The Hall–Kier alpha value is -0.100. The standard InChI is InChI=1S/C9H18N2O2S.ClH/c1-2-3-8-14(12,13)11-9-4-6-10-7-5-9;/h2,9-11H,1,3-8H2;1H. The minimum atomic E-state index is -3.09. The minimum absolute atomic E-state index is 0. The lowest BCUT2D eigenvalue weighted by Gasteiger charge is -2.23. The molecule has 0 saturated carbocycles. The Kier molecular flexibility index (Phi) is 7.17. The van der Waals surface area contributed by atoms with Crippen molar-refractivity contribution in [3.05, 3.63) is 12.7 Å². The first-order valence-electron chi connectivity index (χ1n) is 4.95. The molecule has 0 aliphatic carbocycles. The van der Waals surface area contributed by atoms with Gasteiger partial charge in [0.05, 0.1) is 5.75 Å². The zero-order chi connectivity index (χ0) is 10.4. The monoisotopic (exact) mass is 254 g/mol. The Morgan fingerprint density at radius 2 is 2.00 bits per heavy atom. The van der Waals surface area contributed by atoms with Gasteiger partial charge in [0.15, 0.2) is 0 Å². The van der Waals surface area contributed by atoms with Crippen LogP contribution in [0.4, 0.5) is 0 Å². The lowest BCUT2D eigenvalue weighted by atomic mass is 10.1. The molecule has 0 unspecified atom stereocenters. The van der Waals surface area contributed by atoms with Crippen LogP contribution >= 0.6 is 12.4 Å². The fraction of sp³-hybridized carbons (Fsp3) is 0.778. The fourth-order valence-corrected chi connectivity index (χ4v) is 2.83. The van der Waals surface area contributed by atoms with E-state index in [4.69, 9.17) is 0 Å². The number of hydrogen-bond donors (Lipinski definition) is 2. The molecule has 0 aromatic carbocycles. The lowest BCUT2D eigenvalue weighted by Crippen LogP contribution is -2.43. The van der Waals surface area contributed by atoms with Crippen LogP contribution < -0.4 is 10.0 Å². The summed E-state index contributed by atoms with van der Waals surface area (Å²) in [5.74, 6) is 0.153. The fourth-order valence-electron chi connectivity index (χ4n) is 1.49. The van der Waals surface area contributed by atoms with Gasteiger partial charge in [-0.3, -0.25) is 0 Å². The largest absolute Gasteiger partial charge is 0.317 e. The third-order valence-corrected chi connectivity index (χ3v) is 3.74. The average Bonchev–Trinajstić information content (AvgIpc) is 2.16. The highest BCUT2D eigenvalue weighted by atomic mass is 35.5. The molecule has 1 aliphatic heterocycles. The summed E-state index contributed by atoms with van der Waals surface area (Å²) in [5.41, 5.74) is 0. The first-order valence-corrected chi connectivity index (χ1v) is 6.61. The average molecular weight is 255 g/mol. The van der Waals surface area contributed by atoms with Crippen molar-refractivity contribution >= 4 is 22.4 Å². The van der Waals surface area contributed by atoms with Gasteiger partial charge in [0.1, 0.15) is 0 Å². The van der Waals surface area contributed by atoms with Crippen LogP contribution in [0.1, 0.15) is 19.3 Å². The summed E-state index contributed by atoms with van der Waals surface area (Å²) in [6.07, 6.45) is 3.91. The van der Waals surface area contributed by atoms with Crippen LogP contribution in [0.5, 0.6) is 0 Å². The van der Waals surface area contributed by atoms with Crippen molar-refractivity contribution in [3.63, 3.8) is 0 Å². The highest BCUT2D eigenvalue weighted by Gasteiger charge is 2.18. The van der Waals surface area contributed by atoms with Gasteiger partial charge >= 0.3 is 0 Å². The Balaban J connectivity index is 0.00000196. The second-order valence-corrected chi connectivity index (χ2v) is 5.41. The predicted molar refractivity (Wildman–Crippen MR) is 64.9 cm³/mol. The maximum absolute atomic E-state index is 11.5. The van der Waals surface area contributed by atoms with Crippen molar-refractivity contribution in [2.45, 2.75) is 25.3 Å². The smallest absolute Gasteiger partial charge is 0.212 e. The molecule has 0 spiro atoms. The number of allylic oxidation sites excluding steroid dienone is 1. The number of sulfonamides is 1. The quantitative estimate of drug-likeness (QED) is 0.709. The summed E-state index contributed by atoms with van der Waals surface area (Å²) >= 11 is 0. The van der Waals surface area contributed by atoms with Gasteiger partial charge in [-0.25, -0.2) is 13.1 Å². The van der Waals surface area contributed by atoms with Gasteiger partial charge in [0.25, 0.3) is 0 Å². The summed E-state index contributed by atoms with van der Waals surface area (Å²) in [6.45, 7) is 5.30. The second-order valence-electron chi connectivity index (χ2n) is 3.54. The topological polar surface area (TPSA) is 58.2 Å². The van der Waals surface area contributed by atoms with E-state index in [2.05, 4.69) is 16.6 Å². The normalized spacial score (nSPS) is 18.1. The molecule has 4 nitrogen and oxygen atoms in total. The Morgan fingerprint density at radius 1 is 1.40 bits per heavy atom. The molecule has 1 fully saturated rings. The minimum Gasteiger partial charge on any atom is -0.317 e. The predicted octanol–water partition coefficient (Wildman–Crippen LogP) is 0.656. The zero-order valence-corrected chi connectivity index (χ0v) is 10.4. The van der Waals surface area contributed by atoms with Crippen molar-refractivity contribution in [2.24, 2.45) is 0 Å². The van der Waals surface area contributed by atoms with Crippen LogP contribution in [0.15, 0.2) is 12.7 Å².